The maximum Gasteiger partial charge on any atom is 0.233 e. The predicted octanol–water partition coefficient (Wildman–Crippen LogP) is 3.99. The number of benzene rings is 2. The zero-order chi connectivity index (χ0) is 21.3. The van der Waals surface area contributed by atoms with Crippen molar-refractivity contribution in [3.05, 3.63) is 53.0 Å². The molecule has 1 aromatic heterocycles. The molecule has 2 amide bonds. The normalized spacial score (nSPS) is 16.0. The molecular formula is C21H19BrN4O3S. The summed E-state index contributed by atoms with van der Waals surface area (Å²) in [6.45, 7) is 0.340. The van der Waals surface area contributed by atoms with E-state index in [-0.39, 0.29) is 18.2 Å². The van der Waals surface area contributed by atoms with Crippen LogP contribution in [0.4, 0.5) is 10.8 Å². The molecule has 3 aromatic rings. The fraction of sp³-hybridized carbons (Fsp3) is 0.238. The van der Waals surface area contributed by atoms with Gasteiger partial charge in [0.05, 0.1) is 13.0 Å². The minimum Gasteiger partial charge on any atom is -0.497 e. The average Bonchev–Trinajstić information content (AvgIpc) is 3.40. The largest absolute Gasteiger partial charge is 0.497 e. The van der Waals surface area contributed by atoms with Crippen LogP contribution in [0.5, 0.6) is 5.75 Å². The first-order valence-electron chi connectivity index (χ1n) is 9.27. The molecule has 154 valence electrons. The van der Waals surface area contributed by atoms with Crippen LogP contribution in [0.3, 0.4) is 0 Å². The third-order valence-corrected chi connectivity index (χ3v) is 6.56. The van der Waals surface area contributed by atoms with Gasteiger partial charge in [-0.2, -0.15) is 0 Å². The number of carbonyl (C=O) groups is 2. The van der Waals surface area contributed by atoms with Crippen molar-refractivity contribution in [2.45, 2.75) is 6.42 Å². The first-order chi connectivity index (χ1) is 14.5. The lowest BCUT2D eigenvalue weighted by Crippen LogP contribution is -2.34. The van der Waals surface area contributed by atoms with E-state index in [1.165, 1.54) is 16.2 Å². The van der Waals surface area contributed by atoms with Gasteiger partial charge in [-0.15, -0.1) is 10.2 Å². The van der Waals surface area contributed by atoms with E-state index in [0.717, 1.165) is 26.5 Å². The van der Waals surface area contributed by atoms with E-state index < -0.39 is 5.92 Å². The Morgan fingerprint density at radius 2 is 1.87 bits per heavy atom. The molecule has 1 atom stereocenters. The first-order valence-corrected chi connectivity index (χ1v) is 10.9. The highest BCUT2D eigenvalue weighted by molar-refractivity contribution is 9.10. The van der Waals surface area contributed by atoms with Crippen LogP contribution in [0.25, 0.3) is 10.6 Å². The number of amides is 2. The Balaban J connectivity index is 1.46. The van der Waals surface area contributed by atoms with Gasteiger partial charge in [-0.05, 0) is 36.4 Å². The fourth-order valence-corrected chi connectivity index (χ4v) is 4.39. The molecule has 30 heavy (non-hydrogen) atoms. The second kappa shape index (κ2) is 8.53. The highest BCUT2D eigenvalue weighted by Gasteiger charge is 2.37. The molecule has 0 bridgehead atoms. The molecule has 4 rings (SSSR count). The van der Waals surface area contributed by atoms with Crippen LogP contribution in [-0.4, -0.2) is 42.7 Å². The number of methoxy groups -OCH3 is 1. The number of anilines is 2. The predicted molar refractivity (Wildman–Crippen MR) is 120 cm³/mol. The van der Waals surface area contributed by atoms with Crippen LogP contribution in [0, 0.1) is 5.92 Å². The van der Waals surface area contributed by atoms with Crippen molar-refractivity contribution >= 4 is 49.9 Å². The number of aromatic nitrogens is 2. The smallest absolute Gasteiger partial charge is 0.233 e. The number of nitrogens with zero attached hydrogens (tertiary/aromatic N) is 4. The Bertz CT molecular complexity index is 1070. The van der Waals surface area contributed by atoms with Crippen molar-refractivity contribution in [2.24, 2.45) is 5.92 Å². The second-order valence-electron chi connectivity index (χ2n) is 6.90. The summed E-state index contributed by atoms with van der Waals surface area (Å²) in [6.07, 6.45) is 0.174. The summed E-state index contributed by atoms with van der Waals surface area (Å²) < 4.78 is 6.14. The molecule has 0 saturated carbocycles. The van der Waals surface area contributed by atoms with Crippen molar-refractivity contribution in [3.8, 4) is 16.3 Å². The Kier molecular flexibility index (Phi) is 5.83. The van der Waals surface area contributed by atoms with Gasteiger partial charge in [0.1, 0.15) is 10.8 Å². The van der Waals surface area contributed by atoms with Gasteiger partial charge >= 0.3 is 0 Å². The SMILES string of the molecule is COc1ccc(N2CC(C(=O)N(C)c3nnc(-c4ccc(Br)cc4)s3)CC2=O)cc1. The van der Waals surface area contributed by atoms with Crippen molar-refractivity contribution in [3.63, 3.8) is 0 Å². The number of hydrogen-bond donors (Lipinski definition) is 0. The lowest BCUT2D eigenvalue weighted by Gasteiger charge is -2.19. The highest BCUT2D eigenvalue weighted by atomic mass is 79.9. The van der Waals surface area contributed by atoms with Crippen LogP contribution < -0.4 is 14.5 Å². The minimum absolute atomic E-state index is 0.0697. The molecule has 0 N–H and O–H groups in total. The molecule has 0 spiro atoms. The Hall–Kier alpha value is -2.78. The fourth-order valence-electron chi connectivity index (χ4n) is 3.31. The lowest BCUT2D eigenvalue weighted by molar-refractivity contribution is -0.124. The van der Waals surface area contributed by atoms with Gasteiger partial charge < -0.3 is 9.64 Å². The maximum atomic E-state index is 13.0. The number of hydrogen-bond acceptors (Lipinski definition) is 6. The van der Waals surface area contributed by atoms with Crippen LogP contribution >= 0.6 is 27.3 Å². The van der Waals surface area contributed by atoms with Gasteiger partial charge in [0.2, 0.25) is 16.9 Å². The monoisotopic (exact) mass is 486 g/mol. The zero-order valence-electron chi connectivity index (χ0n) is 16.4. The van der Waals surface area contributed by atoms with Crippen LogP contribution in [0.2, 0.25) is 0 Å². The third kappa shape index (κ3) is 4.08. The number of ether oxygens (including phenoxy) is 1. The van der Waals surface area contributed by atoms with Gasteiger partial charge in [0, 0.05) is 35.7 Å². The summed E-state index contributed by atoms with van der Waals surface area (Å²) in [4.78, 5) is 28.7. The van der Waals surface area contributed by atoms with Crippen molar-refractivity contribution in [1.82, 2.24) is 10.2 Å². The van der Waals surface area contributed by atoms with E-state index in [9.17, 15) is 9.59 Å². The Morgan fingerprint density at radius 1 is 1.17 bits per heavy atom. The minimum atomic E-state index is -0.426. The molecule has 2 heterocycles. The lowest BCUT2D eigenvalue weighted by atomic mass is 10.1. The summed E-state index contributed by atoms with van der Waals surface area (Å²) in [7, 11) is 3.27. The van der Waals surface area contributed by atoms with Gasteiger partial charge in [-0.1, -0.05) is 39.4 Å². The summed E-state index contributed by atoms with van der Waals surface area (Å²) in [5.41, 5.74) is 1.69. The average molecular weight is 487 g/mol. The standard InChI is InChI=1S/C21H19BrN4O3S/c1-25(21-24-23-19(30-21)13-3-5-15(22)6-4-13)20(28)14-11-18(27)26(12-14)16-7-9-17(29-2)10-8-16/h3-10,14H,11-12H2,1-2H3. The summed E-state index contributed by atoms with van der Waals surface area (Å²) in [5, 5.41) is 9.63. The summed E-state index contributed by atoms with van der Waals surface area (Å²) in [5.74, 6) is 0.0813. The van der Waals surface area contributed by atoms with E-state index >= 15 is 0 Å². The first kappa shape index (κ1) is 20.5. The summed E-state index contributed by atoms with van der Waals surface area (Å²) >= 11 is 4.76. The molecule has 7 nitrogen and oxygen atoms in total. The van der Waals surface area contributed by atoms with Crippen molar-refractivity contribution in [1.29, 1.82) is 0 Å². The second-order valence-corrected chi connectivity index (χ2v) is 8.77. The summed E-state index contributed by atoms with van der Waals surface area (Å²) in [6, 6.07) is 15.0. The topological polar surface area (TPSA) is 75.6 Å². The van der Waals surface area contributed by atoms with Gasteiger partial charge in [0.25, 0.3) is 0 Å². The van der Waals surface area contributed by atoms with Crippen molar-refractivity contribution in [2.75, 3.05) is 30.5 Å². The molecule has 2 aromatic carbocycles. The highest BCUT2D eigenvalue weighted by Crippen LogP contribution is 2.32. The molecule has 1 fully saturated rings. The molecule has 1 aliphatic heterocycles. The van der Waals surface area contributed by atoms with Crippen LogP contribution in [0.15, 0.2) is 53.0 Å². The van der Waals surface area contributed by atoms with E-state index in [2.05, 4.69) is 26.1 Å². The van der Waals surface area contributed by atoms with Crippen LogP contribution in [0.1, 0.15) is 6.42 Å². The molecule has 9 heteroatoms. The molecule has 1 aliphatic rings. The number of carbonyl (C=O) groups excluding carboxylic acids is 2. The zero-order valence-corrected chi connectivity index (χ0v) is 18.8. The maximum absolute atomic E-state index is 13.0. The third-order valence-electron chi connectivity index (χ3n) is 4.98. The molecule has 0 aliphatic carbocycles. The van der Waals surface area contributed by atoms with Gasteiger partial charge in [-0.3, -0.25) is 14.5 Å². The van der Waals surface area contributed by atoms with Crippen molar-refractivity contribution < 1.29 is 14.3 Å². The van der Waals surface area contributed by atoms with E-state index in [1.807, 2.05) is 36.4 Å². The Morgan fingerprint density at radius 3 is 2.53 bits per heavy atom. The van der Waals surface area contributed by atoms with E-state index in [4.69, 9.17) is 4.74 Å². The quantitative estimate of drug-likeness (QED) is 0.544. The van der Waals surface area contributed by atoms with Gasteiger partial charge in [0.15, 0.2) is 0 Å². The van der Waals surface area contributed by atoms with Gasteiger partial charge in [-0.25, -0.2) is 0 Å². The molecule has 1 unspecified atom stereocenters. The van der Waals surface area contributed by atoms with E-state index in [1.54, 1.807) is 31.2 Å². The molecular weight excluding hydrogens is 468 g/mol. The Labute approximate surface area is 186 Å². The number of halogens is 1. The molecule has 1 saturated heterocycles. The number of rotatable bonds is 5. The van der Waals surface area contributed by atoms with Crippen LogP contribution in [-0.2, 0) is 9.59 Å². The molecule has 0 radical (unpaired) electrons. The van der Waals surface area contributed by atoms with E-state index in [0.29, 0.717) is 11.7 Å².